The second-order valence-corrected chi connectivity index (χ2v) is 8.96. The number of guanidine groups is 1. The summed E-state index contributed by atoms with van der Waals surface area (Å²) in [5.74, 6) is 1.03. The number of hydrogen-bond donors (Lipinski definition) is 2. The van der Waals surface area contributed by atoms with Crippen molar-refractivity contribution in [3.63, 3.8) is 0 Å². The minimum Gasteiger partial charge on any atom is -0.379 e. The number of nitrogens with zero attached hydrogens (tertiary/aromatic N) is 3. The normalized spacial score (nSPS) is 19.7. The number of hydrogen-bond acceptors (Lipinski definition) is 4. The zero-order valence-corrected chi connectivity index (χ0v) is 18.7. The molecule has 1 amide bonds. The zero-order valence-electron chi connectivity index (χ0n) is 18.7. The van der Waals surface area contributed by atoms with Crippen molar-refractivity contribution in [3.05, 3.63) is 29.8 Å². The first kappa shape index (κ1) is 22.6. The van der Waals surface area contributed by atoms with Crippen LogP contribution in [0.15, 0.2) is 29.3 Å². The summed E-state index contributed by atoms with van der Waals surface area (Å²) in [7, 11) is 0. The third-order valence-corrected chi connectivity index (χ3v) is 5.69. The number of rotatable bonds is 7. The predicted octanol–water partition coefficient (Wildman–Crippen LogP) is 2.54. The van der Waals surface area contributed by atoms with Crippen molar-refractivity contribution in [3.8, 4) is 0 Å². The van der Waals surface area contributed by atoms with E-state index < -0.39 is 0 Å². The minimum absolute atomic E-state index is 0.0507. The van der Waals surface area contributed by atoms with Crippen LogP contribution in [0.5, 0.6) is 0 Å². The van der Waals surface area contributed by atoms with Crippen molar-refractivity contribution in [2.24, 2.45) is 10.4 Å². The Morgan fingerprint density at radius 1 is 1.23 bits per heavy atom. The van der Waals surface area contributed by atoms with Gasteiger partial charge in [0.2, 0.25) is 5.91 Å². The Morgan fingerprint density at radius 2 is 2.03 bits per heavy atom. The maximum Gasteiger partial charge on any atom is 0.225 e. The molecule has 2 fully saturated rings. The summed E-state index contributed by atoms with van der Waals surface area (Å²) >= 11 is 0. The standard InChI is InChI=1S/C23H37N5O2/c1-4-24-22(28-11-9-23(2,3)18-28)25-17-19-6-5-7-20(16-19)26-21(29)8-10-27-12-14-30-15-13-27/h5-7,16H,4,8-15,17-18H2,1-3H3,(H,24,25)(H,26,29). The lowest BCUT2D eigenvalue weighted by atomic mass is 9.93. The van der Waals surface area contributed by atoms with Gasteiger partial charge in [0.1, 0.15) is 0 Å². The molecule has 2 N–H and O–H groups in total. The fourth-order valence-electron chi connectivity index (χ4n) is 3.94. The van der Waals surface area contributed by atoms with Gasteiger partial charge in [-0.1, -0.05) is 26.0 Å². The van der Waals surface area contributed by atoms with E-state index in [1.165, 1.54) is 6.42 Å². The first-order valence-electron chi connectivity index (χ1n) is 11.2. The Balaban J connectivity index is 1.53. The highest BCUT2D eigenvalue weighted by molar-refractivity contribution is 5.90. The molecule has 30 heavy (non-hydrogen) atoms. The first-order valence-corrected chi connectivity index (χ1v) is 11.2. The largest absolute Gasteiger partial charge is 0.379 e. The second kappa shape index (κ2) is 10.8. The second-order valence-electron chi connectivity index (χ2n) is 8.96. The molecule has 2 heterocycles. The summed E-state index contributed by atoms with van der Waals surface area (Å²) in [6.45, 7) is 14.3. The van der Waals surface area contributed by atoms with Crippen molar-refractivity contribution < 1.29 is 9.53 Å². The van der Waals surface area contributed by atoms with Gasteiger partial charge in [-0.3, -0.25) is 9.69 Å². The Kier molecular flexibility index (Phi) is 8.10. The molecule has 0 saturated carbocycles. The van der Waals surface area contributed by atoms with Crippen molar-refractivity contribution in [1.29, 1.82) is 0 Å². The lowest BCUT2D eigenvalue weighted by Crippen LogP contribution is -2.40. The monoisotopic (exact) mass is 415 g/mol. The number of aliphatic imine (C=N–C) groups is 1. The van der Waals surface area contributed by atoms with Crippen LogP contribution in [0.1, 0.15) is 39.2 Å². The number of amides is 1. The van der Waals surface area contributed by atoms with Crippen LogP contribution in [-0.2, 0) is 16.1 Å². The number of carbonyl (C=O) groups excluding carboxylic acids is 1. The summed E-state index contributed by atoms with van der Waals surface area (Å²) in [5.41, 5.74) is 2.26. The Morgan fingerprint density at radius 3 is 2.73 bits per heavy atom. The van der Waals surface area contributed by atoms with Crippen LogP contribution in [0.4, 0.5) is 5.69 Å². The molecule has 0 radical (unpaired) electrons. The molecule has 0 aromatic heterocycles. The fraction of sp³-hybridized carbons (Fsp3) is 0.652. The summed E-state index contributed by atoms with van der Waals surface area (Å²) < 4.78 is 5.35. The first-order chi connectivity index (χ1) is 14.4. The number of morpholine rings is 1. The van der Waals surface area contributed by atoms with E-state index in [0.717, 1.165) is 69.7 Å². The minimum atomic E-state index is 0.0507. The van der Waals surface area contributed by atoms with E-state index in [9.17, 15) is 4.79 Å². The quantitative estimate of drug-likeness (QED) is 0.529. The van der Waals surface area contributed by atoms with Gasteiger partial charge in [0.25, 0.3) is 0 Å². The highest BCUT2D eigenvalue weighted by Gasteiger charge is 2.30. The number of nitrogens with one attached hydrogen (secondary N) is 2. The maximum absolute atomic E-state index is 12.3. The van der Waals surface area contributed by atoms with Crippen LogP contribution in [-0.4, -0.2) is 74.1 Å². The van der Waals surface area contributed by atoms with Crippen LogP contribution in [0.2, 0.25) is 0 Å². The van der Waals surface area contributed by atoms with Gasteiger partial charge in [-0.2, -0.15) is 0 Å². The third-order valence-electron chi connectivity index (χ3n) is 5.69. The van der Waals surface area contributed by atoms with E-state index in [2.05, 4.69) is 47.3 Å². The summed E-state index contributed by atoms with van der Waals surface area (Å²) in [4.78, 5) is 21.8. The molecule has 7 heteroatoms. The van der Waals surface area contributed by atoms with Crippen LogP contribution >= 0.6 is 0 Å². The van der Waals surface area contributed by atoms with E-state index >= 15 is 0 Å². The molecule has 1 aromatic rings. The van der Waals surface area contributed by atoms with Gasteiger partial charge in [0.05, 0.1) is 19.8 Å². The van der Waals surface area contributed by atoms with Crippen LogP contribution in [0, 0.1) is 5.41 Å². The predicted molar refractivity (Wildman–Crippen MR) is 122 cm³/mol. The van der Waals surface area contributed by atoms with Gasteiger partial charge in [-0.25, -0.2) is 4.99 Å². The maximum atomic E-state index is 12.3. The van der Waals surface area contributed by atoms with E-state index in [4.69, 9.17) is 9.73 Å². The number of likely N-dealkylation sites (tertiary alicyclic amines) is 1. The third kappa shape index (κ3) is 6.99. The molecule has 0 atom stereocenters. The van der Waals surface area contributed by atoms with Crippen molar-refractivity contribution in [1.82, 2.24) is 15.1 Å². The van der Waals surface area contributed by atoms with E-state index in [1.807, 2.05) is 18.2 Å². The molecule has 166 valence electrons. The Bertz CT molecular complexity index is 728. The molecule has 0 bridgehead atoms. The topological polar surface area (TPSA) is 69.2 Å². The lowest BCUT2D eigenvalue weighted by molar-refractivity contribution is -0.116. The van der Waals surface area contributed by atoms with Gasteiger partial charge in [-0.15, -0.1) is 0 Å². The molecule has 1 aromatic carbocycles. The van der Waals surface area contributed by atoms with E-state index in [0.29, 0.717) is 18.4 Å². The van der Waals surface area contributed by atoms with Gasteiger partial charge >= 0.3 is 0 Å². The number of ether oxygens (including phenoxy) is 1. The van der Waals surface area contributed by atoms with Crippen LogP contribution < -0.4 is 10.6 Å². The molecule has 7 nitrogen and oxygen atoms in total. The van der Waals surface area contributed by atoms with Gasteiger partial charge in [0.15, 0.2) is 5.96 Å². The number of carbonyl (C=O) groups is 1. The van der Waals surface area contributed by atoms with E-state index in [1.54, 1.807) is 0 Å². The molecule has 3 rings (SSSR count). The molecule has 0 aliphatic carbocycles. The highest BCUT2D eigenvalue weighted by atomic mass is 16.5. The average Bonchev–Trinajstić information content (AvgIpc) is 3.10. The molecular weight excluding hydrogens is 378 g/mol. The van der Waals surface area contributed by atoms with Crippen LogP contribution in [0.25, 0.3) is 0 Å². The van der Waals surface area contributed by atoms with Gasteiger partial charge < -0.3 is 20.3 Å². The molecule has 2 aliphatic heterocycles. The Hall–Kier alpha value is -2.12. The van der Waals surface area contributed by atoms with Crippen molar-refractivity contribution in [2.45, 2.75) is 40.2 Å². The Labute approximate surface area is 180 Å². The van der Waals surface area contributed by atoms with Gasteiger partial charge in [0, 0.05) is 51.4 Å². The molecule has 2 saturated heterocycles. The van der Waals surface area contributed by atoms with Crippen molar-refractivity contribution in [2.75, 3.05) is 57.8 Å². The molecule has 2 aliphatic rings. The smallest absolute Gasteiger partial charge is 0.225 e. The molecular formula is C23H37N5O2. The summed E-state index contributed by atoms with van der Waals surface area (Å²) in [6.07, 6.45) is 1.68. The van der Waals surface area contributed by atoms with E-state index in [-0.39, 0.29) is 5.91 Å². The summed E-state index contributed by atoms with van der Waals surface area (Å²) in [5, 5.41) is 6.45. The van der Waals surface area contributed by atoms with Crippen LogP contribution in [0.3, 0.4) is 0 Å². The van der Waals surface area contributed by atoms with Crippen molar-refractivity contribution >= 4 is 17.6 Å². The molecule has 0 spiro atoms. The number of benzene rings is 1. The lowest BCUT2D eigenvalue weighted by Gasteiger charge is -2.26. The number of anilines is 1. The molecule has 0 unspecified atom stereocenters. The van der Waals surface area contributed by atoms with Gasteiger partial charge in [-0.05, 0) is 36.5 Å². The zero-order chi connectivity index (χ0) is 21.4. The fourth-order valence-corrected chi connectivity index (χ4v) is 3.94. The SMILES string of the molecule is CCNC(=NCc1cccc(NC(=O)CCN2CCOCC2)c1)N1CCC(C)(C)C1. The highest BCUT2D eigenvalue weighted by Crippen LogP contribution is 2.28. The average molecular weight is 416 g/mol. The summed E-state index contributed by atoms with van der Waals surface area (Å²) in [6, 6.07) is 8.00.